The van der Waals surface area contributed by atoms with Gasteiger partial charge in [-0.2, -0.15) is 0 Å². The molecule has 2 atom stereocenters. The summed E-state index contributed by atoms with van der Waals surface area (Å²) in [6.45, 7) is 8.67. The van der Waals surface area contributed by atoms with Crippen LogP contribution in [-0.2, 0) is 13.1 Å². The number of nitrogens with zero attached hydrogens (tertiary/aromatic N) is 3. The van der Waals surface area contributed by atoms with Crippen LogP contribution in [0.25, 0.3) is 0 Å². The van der Waals surface area contributed by atoms with E-state index in [2.05, 4.69) is 72.3 Å². The molecule has 0 aromatic heterocycles. The second-order valence-corrected chi connectivity index (χ2v) is 7.31. The van der Waals surface area contributed by atoms with Gasteiger partial charge >= 0.3 is 0 Å². The first kappa shape index (κ1) is 21.2. The molecule has 24 heavy (non-hydrogen) atoms. The summed E-state index contributed by atoms with van der Waals surface area (Å²) in [6.07, 6.45) is 1.32. The molecule has 136 valence electrons. The number of hydrogen-bond donors (Lipinski definition) is 1. The molecule has 0 aliphatic carbocycles. The third-order valence-corrected chi connectivity index (χ3v) is 4.32. The molecule has 1 heterocycles. The second kappa shape index (κ2) is 10.2. The van der Waals surface area contributed by atoms with E-state index in [4.69, 9.17) is 0 Å². The molecule has 0 radical (unpaired) electrons. The van der Waals surface area contributed by atoms with Gasteiger partial charge in [0.2, 0.25) is 0 Å². The predicted molar refractivity (Wildman–Crippen MR) is 114 cm³/mol. The van der Waals surface area contributed by atoms with Gasteiger partial charge in [-0.15, -0.1) is 24.0 Å². The van der Waals surface area contributed by atoms with Crippen LogP contribution in [0.15, 0.2) is 29.3 Å². The van der Waals surface area contributed by atoms with Crippen molar-refractivity contribution in [3.05, 3.63) is 35.4 Å². The topological polar surface area (TPSA) is 30.9 Å². The first-order chi connectivity index (χ1) is 11.0. The molecule has 0 spiro atoms. The largest absolute Gasteiger partial charge is 0.352 e. The highest BCUT2D eigenvalue weighted by atomic mass is 127. The number of piperidine rings is 1. The Labute approximate surface area is 164 Å². The normalized spacial score (nSPS) is 21.6. The van der Waals surface area contributed by atoms with Crippen molar-refractivity contribution in [2.75, 3.05) is 34.2 Å². The molecule has 4 nitrogen and oxygen atoms in total. The molecule has 1 aliphatic rings. The highest BCUT2D eigenvalue weighted by Crippen LogP contribution is 2.21. The van der Waals surface area contributed by atoms with E-state index < -0.39 is 0 Å². The summed E-state index contributed by atoms with van der Waals surface area (Å²) in [4.78, 5) is 9.09. The van der Waals surface area contributed by atoms with Crippen molar-refractivity contribution < 1.29 is 0 Å². The van der Waals surface area contributed by atoms with Crippen molar-refractivity contribution >= 4 is 29.9 Å². The number of rotatable bonds is 4. The minimum Gasteiger partial charge on any atom is -0.352 e. The SMILES string of the molecule is CN=C(NCc1cccc(CN(C)C)c1)N1CC(C)CC(C)C1.I. The van der Waals surface area contributed by atoms with E-state index in [1.165, 1.54) is 17.5 Å². The maximum absolute atomic E-state index is 4.49. The van der Waals surface area contributed by atoms with Crippen LogP contribution in [-0.4, -0.2) is 50.0 Å². The average Bonchev–Trinajstić information content (AvgIpc) is 2.46. The van der Waals surface area contributed by atoms with Crippen molar-refractivity contribution in [3.63, 3.8) is 0 Å². The summed E-state index contributed by atoms with van der Waals surface area (Å²) in [7, 11) is 6.09. The van der Waals surface area contributed by atoms with Gasteiger partial charge in [-0.25, -0.2) is 0 Å². The minimum atomic E-state index is 0. The molecule has 2 unspecified atom stereocenters. The monoisotopic (exact) mass is 444 g/mol. The van der Waals surface area contributed by atoms with Crippen LogP contribution >= 0.6 is 24.0 Å². The van der Waals surface area contributed by atoms with Gasteiger partial charge in [0, 0.05) is 33.2 Å². The Morgan fingerprint density at radius 3 is 2.42 bits per heavy atom. The predicted octanol–water partition coefficient (Wildman–Crippen LogP) is 3.42. The van der Waals surface area contributed by atoms with Crippen LogP contribution < -0.4 is 5.32 Å². The van der Waals surface area contributed by atoms with Gasteiger partial charge < -0.3 is 15.1 Å². The molecular weight excluding hydrogens is 411 g/mol. The molecule has 1 aromatic rings. The Morgan fingerprint density at radius 2 is 1.83 bits per heavy atom. The van der Waals surface area contributed by atoms with Crippen LogP contribution in [0.4, 0.5) is 0 Å². The Morgan fingerprint density at radius 1 is 1.21 bits per heavy atom. The van der Waals surface area contributed by atoms with Crippen molar-refractivity contribution in [2.45, 2.75) is 33.4 Å². The van der Waals surface area contributed by atoms with Crippen molar-refractivity contribution in [3.8, 4) is 0 Å². The fourth-order valence-electron chi connectivity index (χ4n) is 3.55. The molecule has 5 heteroatoms. The third kappa shape index (κ3) is 6.59. The quantitative estimate of drug-likeness (QED) is 0.439. The van der Waals surface area contributed by atoms with Gasteiger partial charge in [0.1, 0.15) is 0 Å². The number of hydrogen-bond acceptors (Lipinski definition) is 2. The molecule has 1 N–H and O–H groups in total. The molecule has 2 rings (SSSR count). The van der Waals surface area contributed by atoms with Gasteiger partial charge in [-0.3, -0.25) is 4.99 Å². The van der Waals surface area contributed by atoms with E-state index in [0.29, 0.717) is 0 Å². The number of nitrogens with one attached hydrogen (secondary N) is 1. The van der Waals surface area contributed by atoms with Crippen molar-refractivity contribution in [1.29, 1.82) is 0 Å². The third-order valence-electron chi connectivity index (χ3n) is 4.32. The maximum atomic E-state index is 4.49. The van der Waals surface area contributed by atoms with Crippen molar-refractivity contribution in [1.82, 2.24) is 15.1 Å². The van der Waals surface area contributed by atoms with Crippen LogP contribution in [0.5, 0.6) is 0 Å². The first-order valence-corrected chi connectivity index (χ1v) is 8.66. The Hall–Kier alpha value is -0.820. The minimum absolute atomic E-state index is 0. The Bertz CT molecular complexity index is 520. The lowest BCUT2D eigenvalue weighted by Crippen LogP contribution is -2.48. The number of likely N-dealkylation sites (tertiary alicyclic amines) is 1. The zero-order valence-corrected chi connectivity index (χ0v) is 18.1. The van der Waals surface area contributed by atoms with E-state index in [1.807, 2.05) is 7.05 Å². The van der Waals surface area contributed by atoms with Gasteiger partial charge in [-0.1, -0.05) is 38.1 Å². The molecule has 1 fully saturated rings. The van der Waals surface area contributed by atoms with Crippen LogP contribution in [0.1, 0.15) is 31.4 Å². The summed E-state index contributed by atoms with van der Waals surface area (Å²) < 4.78 is 0. The van der Waals surface area contributed by atoms with Crippen LogP contribution in [0, 0.1) is 11.8 Å². The summed E-state index contributed by atoms with van der Waals surface area (Å²) in [5.74, 6) is 2.50. The van der Waals surface area contributed by atoms with Crippen LogP contribution in [0.2, 0.25) is 0 Å². The lowest BCUT2D eigenvalue weighted by molar-refractivity contribution is 0.208. The Balaban J connectivity index is 0.00000288. The number of benzene rings is 1. The average molecular weight is 444 g/mol. The van der Waals surface area contributed by atoms with E-state index in [0.717, 1.165) is 44.0 Å². The number of guanidine groups is 1. The molecule has 0 bridgehead atoms. The Kier molecular flexibility index (Phi) is 9.05. The second-order valence-electron chi connectivity index (χ2n) is 7.31. The fourth-order valence-corrected chi connectivity index (χ4v) is 3.55. The summed E-state index contributed by atoms with van der Waals surface area (Å²) >= 11 is 0. The highest BCUT2D eigenvalue weighted by molar-refractivity contribution is 14.0. The molecule has 1 saturated heterocycles. The van der Waals surface area contributed by atoms with E-state index >= 15 is 0 Å². The molecule has 1 aliphatic heterocycles. The summed E-state index contributed by atoms with van der Waals surface area (Å²) in [5, 5.41) is 3.54. The number of halogens is 1. The van der Waals surface area contributed by atoms with E-state index in [9.17, 15) is 0 Å². The van der Waals surface area contributed by atoms with Crippen LogP contribution in [0.3, 0.4) is 0 Å². The summed E-state index contributed by atoms with van der Waals surface area (Å²) in [6, 6.07) is 8.79. The maximum Gasteiger partial charge on any atom is 0.193 e. The zero-order chi connectivity index (χ0) is 16.8. The van der Waals surface area contributed by atoms with Gasteiger partial charge in [0.25, 0.3) is 0 Å². The van der Waals surface area contributed by atoms with Crippen molar-refractivity contribution in [2.24, 2.45) is 16.8 Å². The molecule has 0 saturated carbocycles. The molecular formula is C19H33IN4. The molecule has 1 aromatic carbocycles. The smallest absolute Gasteiger partial charge is 0.193 e. The highest BCUT2D eigenvalue weighted by Gasteiger charge is 2.23. The van der Waals surface area contributed by atoms with Gasteiger partial charge in [0.05, 0.1) is 0 Å². The standard InChI is InChI=1S/C19H32N4.HI/c1-15-9-16(2)13-23(12-15)19(20-3)21-11-17-7-6-8-18(10-17)14-22(4)5;/h6-8,10,15-16H,9,11-14H2,1-5H3,(H,20,21);1H. The number of aliphatic imine (C=N–C) groups is 1. The fraction of sp³-hybridized carbons (Fsp3) is 0.632. The van der Waals surface area contributed by atoms with E-state index in [1.54, 1.807) is 0 Å². The molecule has 0 amide bonds. The first-order valence-electron chi connectivity index (χ1n) is 8.66. The zero-order valence-electron chi connectivity index (χ0n) is 15.7. The van der Waals surface area contributed by atoms with Gasteiger partial charge in [-0.05, 0) is 43.5 Å². The van der Waals surface area contributed by atoms with E-state index in [-0.39, 0.29) is 24.0 Å². The lowest BCUT2D eigenvalue weighted by atomic mass is 9.92. The summed E-state index contributed by atoms with van der Waals surface area (Å²) in [5.41, 5.74) is 2.66. The van der Waals surface area contributed by atoms with Gasteiger partial charge in [0.15, 0.2) is 5.96 Å². The lowest BCUT2D eigenvalue weighted by Gasteiger charge is -2.37.